The number of nitrogens with zero attached hydrogens (tertiary/aromatic N) is 3. The van der Waals surface area contributed by atoms with Gasteiger partial charge in [0.25, 0.3) is 5.89 Å². The molecule has 2 rings (SSSR count). The molecule has 0 aliphatic rings. The molecule has 0 saturated heterocycles. The van der Waals surface area contributed by atoms with Crippen LogP contribution in [0, 0.1) is 0 Å². The maximum absolute atomic E-state index is 9.26. The Bertz CT molecular complexity index is 540. The fourth-order valence-corrected chi connectivity index (χ4v) is 1.88. The Morgan fingerprint density at radius 2 is 2.05 bits per heavy atom. The van der Waals surface area contributed by atoms with Crippen molar-refractivity contribution in [3.8, 4) is 11.5 Å². The van der Waals surface area contributed by atoms with E-state index in [0.29, 0.717) is 23.3 Å². The first-order chi connectivity index (χ1) is 9.54. The summed E-state index contributed by atoms with van der Waals surface area (Å²) >= 11 is 5.84. The van der Waals surface area contributed by atoms with Crippen molar-refractivity contribution < 1.29 is 9.63 Å². The first-order valence-electron chi connectivity index (χ1n) is 6.49. The molecule has 0 saturated carbocycles. The van der Waals surface area contributed by atoms with Gasteiger partial charge in [0.2, 0.25) is 0 Å². The molecule has 0 fully saturated rings. The number of rotatable bonds is 6. The lowest BCUT2D eigenvalue weighted by atomic mass is 10.2. The monoisotopic (exact) mass is 295 g/mol. The van der Waals surface area contributed by atoms with Crippen LogP contribution in [-0.2, 0) is 6.54 Å². The van der Waals surface area contributed by atoms with Crippen LogP contribution >= 0.6 is 11.6 Å². The highest BCUT2D eigenvalue weighted by molar-refractivity contribution is 6.30. The molecule has 1 unspecified atom stereocenters. The minimum absolute atomic E-state index is 0.299. The van der Waals surface area contributed by atoms with Crippen molar-refractivity contribution in [2.24, 2.45) is 0 Å². The highest BCUT2D eigenvalue weighted by Gasteiger charge is 2.11. The minimum Gasteiger partial charge on any atom is -0.393 e. The molecule has 1 heterocycles. The van der Waals surface area contributed by atoms with Crippen LogP contribution in [0.4, 0.5) is 0 Å². The molecular weight excluding hydrogens is 278 g/mol. The van der Waals surface area contributed by atoms with E-state index < -0.39 is 0 Å². The Hall–Kier alpha value is -1.43. The third-order valence-corrected chi connectivity index (χ3v) is 3.15. The summed E-state index contributed by atoms with van der Waals surface area (Å²) in [6, 6.07) is 7.26. The second kappa shape index (κ2) is 6.83. The lowest BCUT2D eigenvalue weighted by Crippen LogP contribution is -2.22. The second-order valence-corrected chi connectivity index (χ2v) is 5.33. The predicted octanol–water partition coefficient (Wildman–Crippen LogP) is 2.59. The van der Waals surface area contributed by atoms with Crippen molar-refractivity contribution in [3.05, 3.63) is 35.1 Å². The zero-order chi connectivity index (χ0) is 14.5. The summed E-state index contributed by atoms with van der Waals surface area (Å²) < 4.78 is 5.24. The van der Waals surface area contributed by atoms with Gasteiger partial charge in [-0.1, -0.05) is 16.8 Å². The molecule has 20 heavy (non-hydrogen) atoms. The van der Waals surface area contributed by atoms with E-state index >= 15 is 0 Å². The van der Waals surface area contributed by atoms with Crippen molar-refractivity contribution in [1.82, 2.24) is 15.0 Å². The molecule has 1 aromatic carbocycles. The van der Waals surface area contributed by atoms with E-state index in [1.807, 2.05) is 24.1 Å². The summed E-state index contributed by atoms with van der Waals surface area (Å²) in [5.41, 5.74) is 0.847. The number of hydrogen-bond acceptors (Lipinski definition) is 5. The largest absolute Gasteiger partial charge is 0.393 e. The van der Waals surface area contributed by atoms with Gasteiger partial charge in [0.1, 0.15) is 0 Å². The van der Waals surface area contributed by atoms with Crippen LogP contribution in [0.5, 0.6) is 0 Å². The lowest BCUT2D eigenvalue weighted by molar-refractivity contribution is 0.161. The van der Waals surface area contributed by atoms with E-state index in [4.69, 9.17) is 16.1 Å². The van der Waals surface area contributed by atoms with Crippen LogP contribution in [0.1, 0.15) is 19.2 Å². The number of benzene rings is 1. The Labute approximate surface area is 123 Å². The molecule has 1 N–H and O–H groups in total. The fourth-order valence-electron chi connectivity index (χ4n) is 1.76. The average Bonchev–Trinajstić information content (AvgIpc) is 2.85. The number of aliphatic hydroxyl groups is 1. The molecule has 2 aromatic rings. The molecule has 0 radical (unpaired) electrons. The summed E-state index contributed by atoms with van der Waals surface area (Å²) in [4.78, 5) is 6.40. The summed E-state index contributed by atoms with van der Waals surface area (Å²) in [5, 5.41) is 13.9. The third kappa shape index (κ3) is 4.30. The van der Waals surface area contributed by atoms with E-state index in [-0.39, 0.29) is 6.10 Å². The van der Waals surface area contributed by atoms with Crippen LogP contribution in [0.15, 0.2) is 28.8 Å². The van der Waals surface area contributed by atoms with Crippen LogP contribution in [0.3, 0.4) is 0 Å². The molecule has 6 heteroatoms. The Morgan fingerprint density at radius 1 is 1.35 bits per heavy atom. The third-order valence-electron chi connectivity index (χ3n) is 2.90. The molecular formula is C14H18ClN3O2. The predicted molar refractivity (Wildman–Crippen MR) is 77.4 cm³/mol. The second-order valence-electron chi connectivity index (χ2n) is 4.90. The quantitative estimate of drug-likeness (QED) is 0.887. The van der Waals surface area contributed by atoms with Crippen molar-refractivity contribution in [1.29, 1.82) is 0 Å². The SMILES string of the molecule is CC(O)CCN(C)Cc1noc(-c2ccc(Cl)cc2)n1. The van der Waals surface area contributed by atoms with Crippen molar-refractivity contribution in [2.45, 2.75) is 26.0 Å². The van der Waals surface area contributed by atoms with Gasteiger partial charge in [0, 0.05) is 17.1 Å². The zero-order valence-corrected chi connectivity index (χ0v) is 12.3. The normalized spacial score (nSPS) is 12.8. The van der Waals surface area contributed by atoms with Crippen LogP contribution in [0.2, 0.25) is 5.02 Å². The maximum atomic E-state index is 9.26. The molecule has 1 aromatic heterocycles. The Morgan fingerprint density at radius 3 is 2.70 bits per heavy atom. The first kappa shape index (κ1) is 15.0. The number of aromatic nitrogens is 2. The Kier molecular flexibility index (Phi) is 5.11. The van der Waals surface area contributed by atoms with Crippen LogP contribution in [-0.4, -0.2) is 39.8 Å². The first-order valence-corrected chi connectivity index (χ1v) is 6.87. The van der Waals surface area contributed by atoms with Crippen molar-refractivity contribution in [2.75, 3.05) is 13.6 Å². The van der Waals surface area contributed by atoms with Crippen molar-refractivity contribution in [3.63, 3.8) is 0 Å². The molecule has 0 spiro atoms. The zero-order valence-electron chi connectivity index (χ0n) is 11.6. The van der Waals surface area contributed by atoms with Gasteiger partial charge < -0.3 is 9.63 Å². The lowest BCUT2D eigenvalue weighted by Gasteiger charge is -2.14. The molecule has 5 nitrogen and oxygen atoms in total. The van der Waals surface area contributed by atoms with Crippen molar-refractivity contribution >= 4 is 11.6 Å². The van der Waals surface area contributed by atoms with Gasteiger partial charge in [0.15, 0.2) is 5.82 Å². The van der Waals surface area contributed by atoms with Gasteiger partial charge in [-0.2, -0.15) is 4.98 Å². The molecule has 0 bridgehead atoms. The minimum atomic E-state index is -0.299. The van der Waals surface area contributed by atoms with E-state index in [2.05, 4.69) is 10.1 Å². The van der Waals surface area contributed by atoms with E-state index in [1.54, 1.807) is 19.1 Å². The van der Waals surface area contributed by atoms with E-state index in [9.17, 15) is 5.11 Å². The number of aliphatic hydroxyl groups excluding tert-OH is 1. The Balaban J connectivity index is 1.96. The summed E-state index contributed by atoms with van der Waals surface area (Å²) in [6.45, 7) is 3.15. The van der Waals surface area contributed by atoms with Gasteiger partial charge in [-0.25, -0.2) is 0 Å². The number of halogens is 1. The highest BCUT2D eigenvalue weighted by atomic mass is 35.5. The summed E-state index contributed by atoms with van der Waals surface area (Å²) in [5.74, 6) is 1.11. The highest BCUT2D eigenvalue weighted by Crippen LogP contribution is 2.19. The molecule has 0 amide bonds. The standard InChI is InChI=1S/C14H18ClN3O2/c1-10(19)7-8-18(2)9-13-16-14(20-17-13)11-3-5-12(15)6-4-11/h3-6,10,19H,7-9H2,1-2H3. The molecule has 108 valence electrons. The van der Waals surface area contributed by atoms with Crippen LogP contribution in [0.25, 0.3) is 11.5 Å². The number of hydrogen-bond donors (Lipinski definition) is 1. The fraction of sp³-hybridized carbons (Fsp3) is 0.429. The average molecular weight is 296 g/mol. The molecule has 0 aliphatic heterocycles. The van der Waals surface area contributed by atoms with E-state index in [0.717, 1.165) is 18.5 Å². The van der Waals surface area contributed by atoms with Gasteiger partial charge >= 0.3 is 0 Å². The maximum Gasteiger partial charge on any atom is 0.257 e. The smallest absolute Gasteiger partial charge is 0.257 e. The molecule has 0 aliphatic carbocycles. The van der Waals surface area contributed by atoms with Gasteiger partial charge in [-0.15, -0.1) is 0 Å². The molecule has 1 atom stereocenters. The summed E-state index contributed by atoms with van der Waals surface area (Å²) in [6.07, 6.45) is 0.422. The van der Waals surface area contributed by atoms with Crippen LogP contribution < -0.4 is 0 Å². The topological polar surface area (TPSA) is 62.4 Å². The van der Waals surface area contributed by atoms with E-state index in [1.165, 1.54) is 0 Å². The van der Waals surface area contributed by atoms with Gasteiger partial charge in [-0.05, 0) is 44.7 Å². The van der Waals surface area contributed by atoms with Gasteiger partial charge in [-0.3, -0.25) is 4.90 Å². The van der Waals surface area contributed by atoms with Gasteiger partial charge in [0.05, 0.1) is 12.6 Å². The summed E-state index contributed by atoms with van der Waals surface area (Å²) in [7, 11) is 1.96.